The summed E-state index contributed by atoms with van der Waals surface area (Å²) in [6.45, 7) is 1.89. The third kappa shape index (κ3) is 2.41. The van der Waals surface area contributed by atoms with Crippen LogP contribution in [0, 0.1) is 18.8 Å². The predicted octanol–water partition coefficient (Wildman–Crippen LogP) is 2.84. The topological polar surface area (TPSA) is 43.4 Å². The molecule has 0 heterocycles. The van der Waals surface area contributed by atoms with E-state index in [2.05, 4.69) is 0 Å². The van der Waals surface area contributed by atoms with Gasteiger partial charge in [-0.15, -0.1) is 0 Å². The second kappa shape index (κ2) is 4.56. The van der Waals surface area contributed by atoms with E-state index in [0.29, 0.717) is 18.8 Å². The first-order valence-electron chi connectivity index (χ1n) is 6.60. The van der Waals surface area contributed by atoms with E-state index < -0.39 is 22.4 Å². The van der Waals surface area contributed by atoms with Gasteiger partial charge in [-0.2, -0.15) is 8.42 Å². The van der Waals surface area contributed by atoms with Crippen LogP contribution in [-0.2, 0) is 14.3 Å². The lowest BCUT2D eigenvalue weighted by atomic mass is 9.96. The zero-order chi connectivity index (χ0) is 13.6. The molecule has 0 amide bonds. The third-order valence-electron chi connectivity index (χ3n) is 4.23. The van der Waals surface area contributed by atoms with Crippen LogP contribution in [0.4, 0.5) is 4.39 Å². The first kappa shape index (κ1) is 13.1. The molecule has 5 heteroatoms. The minimum atomic E-state index is -3.77. The first-order chi connectivity index (χ1) is 8.95. The lowest BCUT2D eigenvalue weighted by Crippen LogP contribution is -2.30. The van der Waals surface area contributed by atoms with Crippen molar-refractivity contribution in [3.63, 3.8) is 0 Å². The van der Waals surface area contributed by atoms with Crippen molar-refractivity contribution in [1.82, 2.24) is 0 Å². The zero-order valence-corrected chi connectivity index (χ0v) is 11.6. The molecule has 2 unspecified atom stereocenters. The largest absolute Gasteiger partial charge is 0.297 e. The molecule has 19 heavy (non-hydrogen) atoms. The summed E-state index contributed by atoms with van der Waals surface area (Å²) in [6, 6.07) is 6.53. The summed E-state index contributed by atoms with van der Waals surface area (Å²) in [4.78, 5) is 0.149. The van der Waals surface area contributed by atoms with E-state index in [-0.39, 0.29) is 10.8 Å². The minimum absolute atomic E-state index is 0.149. The van der Waals surface area contributed by atoms with Crippen molar-refractivity contribution in [2.75, 3.05) is 0 Å². The molecule has 0 radical (unpaired) electrons. The molecule has 2 aliphatic carbocycles. The van der Waals surface area contributed by atoms with Gasteiger partial charge in [-0.25, -0.2) is 4.39 Å². The summed E-state index contributed by atoms with van der Waals surface area (Å²) < 4.78 is 43.2. The Labute approximate surface area is 112 Å². The van der Waals surface area contributed by atoms with Gasteiger partial charge in [-0.3, -0.25) is 4.18 Å². The Bertz CT molecular complexity index is 567. The lowest BCUT2D eigenvalue weighted by molar-refractivity contribution is 0.0875. The highest BCUT2D eigenvalue weighted by Crippen LogP contribution is 2.48. The van der Waals surface area contributed by atoms with E-state index in [1.165, 1.54) is 12.1 Å². The number of alkyl halides is 1. The highest BCUT2D eigenvalue weighted by Gasteiger charge is 2.48. The van der Waals surface area contributed by atoms with Crippen molar-refractivity contribution in [3.05, 3.63) is 29.8 Å². The van der Waals surface area contributed by atoms with Gasteiger partial charge in [0, 0.05) is 5.92 Å². The number of hydrogen-bond donors (Lipinski definition) is 0. The van der Waals surface area contributed by atoms with Gasteiger partial charge in [-0.05, 0) is 44.2 Å². The van der Waals surface area contributed by atoms with Crippen molar-refractivity contribution in [2.45, 2.75) is 43.4 Å². The van der Waals surface area contributed by atoms with Crippen molar-refractivity contribution in [1.29, 1.82) is 0 Å². The maximum Gasteiger partial charge on any atom is 0.297 e. The molecule has 4 atom stereocenters. The van der Waals surface area contributed by atoms with Gasteiger partial charge in [0.25, 0.3) is 10.1 Å². The van der Waals surface area contributed by atoms with Crippen molar-refractivity contribution >= 4 is 10.1 Å². The molecule has 1 aromatic carbocycles. The summed E-state index contributed by atoms with van der Waals surface area (Å²) in [5.74, 6) is 0.0449. The monoisotopic (exact) mass is 284 g/mol. The van der Waals surface area contributed by atoms with E-state index in [1.807, 2.05) is 6.92 Å². The Morgan fingerprint density at radius 1 is 1.16 bits per heavy atom. The molecule has 0 spiro atoms. The molecule has 2 bridgehead atoms. The SMILES string of the molecule is Cc1ccc(S(=O)(=O)O[C@H]2CC3CC2[C@@H](F)C3)cc1. The summed E-state index contributed by atoms with van der Waals surface area (Å²) in [5, 5.41) is 0. The second-order valence-electron chi connectivity index (χ2n) is 5.65. The molecule has 3 nitrogen and oxygen atoms in total. The van der Waals surface area contributed by atoms with E-state index in [4.69, 9.17) is 4.18 Å². The number of hydrogen-bond acceptors (Lipinski definition) is 3. The van der Waals surface area contributed by atoms with E-state index >= 15 is 0 Å². The normalized spacial score (nSPS) is 33.8. The second-order valence-corrected chi connectivity index (χ2v) is 7.23. The highest BCUT2D eigenvalue weighted by atomic mass is 32.2. The Morgan fingerprint density at radius 3 is 2.42 bits per heavy atom. The Hall–Kier alpha value is -0.940. The van der Waals surface area contributed by atoms with Crippen LogP contribution < -0.4 is 0 Å². The number of halogens is 1. The summed E-state index contributed by atoms with van der Waals surface area (Å²) in [6.07, 6.45) is 0.595. The van der Waals surface area contributed by atoms with Gasteiger partial charge in [0.05, 0.1) is 11.0 Å². The first-order valence-corrected chi connectivity index (χ1v) is 8.00. The number of fused-ring (bicyclic) bond motifs is 2. The van der Waals surface area contributed by atoms with E-state index in [0.717, 1.165) is 12.0 Å². The minimum Gasteiger partial charge on any atom is -0.263 e. The Morgan fingerprint density at radius 2 is 1.84 bits per heavy atom. The quantitative estimate of drug-likeness (QED) is 0.802. The predicted molar refractivity (Wildman–Crippen MR) is 69.0 cm³/mol. The van der Waals surface area contributed by atoms with Crippen LogP contribution in [-0.4, -0.2) is 20.7 Å². The Kier molecular flexibility index (Phi) is 3.14. The molecular formula is C14H17FO3S. The summed E-state index contributed by atoms with van der Waals surface area (Å²) in [5.41, 5.74) is 0.989. The van der Waals surface area contributed by atoms with Crippen LogP contribution in [0.5, 0.6) is 0 Å². The molecule has 2 fully saturated rings. The van der Waals surface area contributed by atoms with Crippen LogP contribution in [0.1, 0.15) is 24.8 Å². The summed E-state index contributed by atoms with van der Waals surface area (Å²) in [7, 11) is -3.77. The zero-order valence-electron chi connectivity index (χ0n) is 10.8. The lowest BCUT2D eigenvalue weighted by Gasteiger charge is -2.24. The van der Waals surface area contributed by atoms with Crippen molar-refractivity contribution in [3.8, 4) is 0 Å². The smallest absolute Gasteiger partial charge is 0.263 e. The number of rotatable bonds is 3. The molecule has 0 aromatic heterocycles. The summed E-state index contributed by atoms with van der Waals surface area (Å²) >= 11 is 0. The van der Waals surface area contributed by atoms with E-state index in [1.54, 1.807) is 12.1 Å². The van der Waals surface area contributed by atoms with Gasteiger partial charge in [0.2, 0.25) is 0 Å². The van der Waals surface area contributed by atoms with Crippen molar-refractivity contribution < 1.29 is 17.0 Å². The standard InChI is InChI=1S/C14H17FO3S/c1-9-2-4-11(5-3-9)19(16,17)18-14-8-10-6-12(14)13(15)7-10/h2-5,10,12-14H,6-8H2,1H3/t10?,12?,13-,14-/m0/s1. The molecule has 0 N–H and O–H groups in total. The van der Waals surface area contributed by atoms with Crippen LogP contribution in [0.3, 0.4) is 0 Å². The maximum absolute atomic E-state index is 13.6. The van der Waals surface area contributed by atoms with Crippen LogP contribution in [0.2, 0.25) is 0 Å². The van der Waals surface area contributed by atoms with Crippen LogP contribution in [0.25, 0.3) is 0 Å². The van der Waals surface area contributed by atoms with Gasteiger partial charge in [0.15, 0.2) is 0 Å². The van der Waals surface area contributed by atoms with E-state index in [9.17, 15) is 12.8 Å². The highest BCUT2D eigenvalue weighted by molar-refractivity contribution is 7.86. The van der Waals surface area contributed by atoms with Crippen LogP contribution in [0.15, 0.2) is 29.2 Å². The molecule has 0 saturated heterocycles. The fourth-order valence-corrected chi connectivity index (χ4v) is 4.36. The maximum atomic E-state index is 13.6. The molecule has 2 saturated carbocycles. The molecule has 104 valence electrons. The average molecular weight is 284 g/mol. The van der Waals surface area contributed by atoms with Crippen molar-refractivity contribution in [2.24, 2.45) is 11.8 Å². The average Bonchev–Trinajstić information content (AvgIpc) is 2.87. The fourth-order valence-electron chi connectivity index (χ4n) is 3.24. The van der Waals surface area contributed by atoms with Gasteiger partial charge >= 0.3 is 0 Å². The molecular weight excluding hydrogens is 267 g/mol. The van der Waals surface area contributed by atoms with Gasteiger partial charge in [0.1, 0.15) is 6.17 Å². The van der Waals surface area contributed by atoms with Gasteiger partial charge in [-0.1, -0.05) is 17.7 Å². The molecule has 2 aliphatic rings. The number of benzene rings is 1. The van der Waals surface area contributed by atoms with Gasteiger partial charge < -0.3 is 0 Å². The fraction of sp³-hybridized carbons (Fsp3) is 0.571. The third-order valence-corrected chi connectivity index (χ3v) is 5.58. The molecule has 1 aromatic rings. The molecule has 3 rings (SSSR count). The number of aryl methyl sites for hydroxylation is 1. The molecule has 0 aliphatic heterocycles. The van der Waals surface area contributed by atoms with Crippen LogP contribution >= 0.6 is 0 Å². The Balaban J connectivity index is 1.77.